The van der Waals surface area contributed by atoms with Crippen LogP contribution < -0.4 is 5.32 Å². The van der Waals surface area contributed by atoms with E-state index >= 15 is 0 Å². The smallest absolute Gasteiger partial charge is 0.337 e. The van der Waals surface area contributed by atoms with Gasteiger partial charge in [0.25, 0.3) is 5.91 Å². The molecule has 0 saturated heterocycles. The monoisotopic (exact) mass is 387 g/mol. The van der Waals surface area contributed by atoms with Crippen LogP contribution in [0.25, 0.3) is 0 Å². The standard InChI is InChI=1S/C19H15ClFN3O3/c1-27-19(26)14-7-5-13(6-8-14)18(25)22-17-16(20)11-24(23-17)10-12-3-2-4-15(21)9-12/h2-9,11H,10H2,1H3,(H,22,23,25). The summed E-state index contributed by atoms with van der Waals surface area (Å²) in [5.74, 6) is -1.06. The number of ether oxygens (including phenoxy) is 1. The average molecular weight is 388 g/mol. The van der Waals surface area contributed by atoms with Gasteiger partial charge in [-0.25, -0.2) is 9.18 Å². The maximum absolute atomic E-state index is 13.3. The van der Waals surface area contributed by atoms with E-state index in [1.807, 2.05) is 0 Å². The Labute approximate surface area is 159 Å². The van der Waals surface area contributed by atoms with E-state index < -0.39 is 11.9 Å². The van der Waals surface area contributed by atoms with Crippen LogP contribution in [0.1, 0.15) is 26.3 Å². The Morgan fingerprint density at radius 2 is 1.89 bits per heavy atom. The third-order valence-electron chi connectivity index (χ3n) is 3.75. The zero-order valence-corrected chi connectivity index (χ0v) is 15.0. The molecule has 0 aliphatic heterocycles. The van der Waals surface area contributed by atoms with E-state index in [0.29, 0.717) is 23.2 Å². The van der Waals surface area contributed by atoms with Gasteiger partial charge in [-0.15, -0.1) is 0 Å². The molecule has 0 unspecified atom stereocenters. The third kappa shape index (κ3) is 4.51. The number of methoxy groups -OCH3 is 1. The van der Waals surface area contributed by atoms with Crippen LogP contribution in [0.4, 0.5) is 10.2 Å². The molecule has 6 nitrogen and oxygen atoms in total. The lowest BCUT2D eigenvalue weighted by atomic mass is 10.1. The minimum Gasteiger partial charge on any atom is -0.465 e. The maximum atomic E-state index is 13.3. The van der Waals surface area contributed by atoms with Crippen LogP contribution in [0.15, 0.2) is 54.7 Å². The number of nitrogens with one attached hydrogen (secondary N) is 1. The van der Waals surface area contributed by atoms with Gasteiger partial charge in [0.05, 0.1) is 19.2 Å². The van der Waals surface area contributed by atoms with Gasteiger partial charge >= 0.3 is 5.97 Å². The van der Waals surface area contributed by atoms with Crippen molar-refractivity contribution in [3.63, 3.8) is 0 Å². The van der Waals surface area contributed by atoms with Gasteiger partial charge in [0.1, 0.15) is 10.8 Å². The number of amides is 1. The Morgan fingerprint density at radius 3 is 2.56 bits per heavy atom. The zero-order chi connectivity index (χ0) is 19.4. The largest absolute Gasteiger partial charge is 0.465 e. The molecule has 3 aromatic rings. The summed E-state index contributed by atoms with van der Waals surface area (Å²) in [6.07, 6.45) is 1.54. The van der Waals surface area contributed by atoms with Gasteiger partial charge in [0, 0.05) is 11.8 Å². The first kappa shape index (κ1) is 18.6. The van der Waals surface area contributed by atoms with Gasteiger partial charge in [0.15, 0.2) is 5.82 Å². The van der Waals surface area contributed by atoms with Crippen molar-refractivity contribution in [1.82, 2.24) is 9.78 Å². The molecule has 0 aliphatic rings. The number of carbonyl (C=O) groups is 2. The lowest BCUT2D eigenvalue weighted by Crippen LogP contribution is -2.13. The topological polar surface area (TPSA) is 73.2 Å². The molecule has 0 radical (unpaired) electrons. The van der Waals surface area contributed by atoms with E-state index in [2.05, 4.69) is 15.2 Å². The van der Waals surface area contributed by atoms with Crippen molar-refractivity contribution in [3.05, 3.63) is 82.3 Å². The highest BCUT2D eigenvalue weighted by Gasteiger charge is 2.14. The number of esters is 1. The number of anilines is 1. The summed E-state index contributed by atoms with van der Waals surface area (Å²) < 4.78 is 19.4. The zero-order valence-electron chi connectivity index (χ0n) is 14.3. The minimum absolute atomic E-state index is 0.190. The molecule has 1 aromatic heterocycles. The Morgan fingerprint density at radius 1 is 1.19 bits per heavy atom. The van der Waals surface area contributed by atoms with Crippen LogP contribution in [0, 0.1) is 5.82 Å². The van der Waals surface area contributed by atoms with E-state index in [1.54, 1.807) is 18.3 Å². The molecule has 3 rings (SSSR count). The van der Waals surface area contributed by atoms with Gasteiger partial charge in [-0.1, -0.05) is 23.7 Å². The van der Waals surface area contributed by atoms with Crippen molar-refractivity contribution in [3.8, 4) is 0 Å². The molecule has 1 amide bonds. The molecule has 27 heavy (non-hydrogen) atoms. The maximum Gasteiger partial charge on any atom is 0.337 e. The van der Waals surface area contributed by atoms with E-state index in [0.717, 1.165) is 0 Å². The first-order chi connectivity index (χ1) is 13.0. The van der Waals surface area contributed by atoms with E-state index in [9.17, 15) is 14.0 Å². The number of aromatic nitrogens is 2. The number of rotatable bonds is 5. The summed E-state index contributed by atoms with van der Waals surface area (Å²) in [4.78, 5) is 23.8. The van der Waals surface area contributed by atoms with E-state index in [-0.39, 0.29) is 16.7 Å². The van der Waals surface area contributed by atoms with Crippen LogP contribution in [-0.2, 0) is 11.3 Å². The van der Waals surface area contributed by atoms with Crippen LogP contribution in [0.3, 0.4) is 0 Å². The molecular weight excluding hydrogens is 373 g/mol. The summed E-state index contributed by atoms with van der Waals surface area (Å²) in [5, 5.41) is 7.08. The number of carbonyl (C=O) groups excluding carboxylic acids is 2. The second kappa shape index (κ2) is 8.01. The molecule has 0 atom stereocenters. The van der Waals surface area contributed by atoms with Crippen molar-refractivity contribution in [2.45, 2.75) is 6.54 Å². The van der Waals surface area contributed by atoms with Crippen LogP contribution in [0.2, 0.25) is 5.02 Å². The highest BCUT2D eigenvalue weighted by Crippen LogP contribution is 2.21. The lowest BCUT2D eigenvalue weighted by Gasteiger charge is -2.04. The fourth-order valence-electron chi connectivity index (χ4n) is 2.44. The lowest BCUT2D eigenvalue weighted by molar-refractivity contribution is 0.0600. The first-order valence-corrected chi connectivity index (χ1v) is 8.31. The van der Waals surface area contributed by atoms with E-state index in [4.69, 9.17) is 11.6 Å². The van der Waals surface area contributed by atoms with Gasteiger partial charge in [-0.3, -0.25) is 9.48 Å². The number of halogens is 2. The summed E-state index contributed by atoms with van der Waals surface area (Å²) in [5.41, 5.74) is 1.38. The molecule has 0 aliphatic carbocycles. The van der Waals surface area contributed by atoms with Crippen LogP contribution >= 0.6 is 11.6 Å². The van der Waals surface area contributed by atoms with Crippen molar-refractivity contribution >= 4 is 29.3 Å². The predicted octanol–water partition coefficient (Wildman–Crippen LogP) is 3.76. The second-order valence-electron chi connectivity index (χ2n) is 5.68. The molecule has 0 bridgehead atoms. The minimum atomic E-state index is -0.485. The van der Waals surface area contributed by atoms with E-state index in [1.165, 1.54) is 48.2 Å². The Balaban J connectivity index is 1.71. The Kier molecular flexibility index (Phi) is 5.52. The number of nitrogens with zero attached hydrogens (tertiary/aromatic N) is 2. The molecule has 138 valence electrons. The summed E-state index contributed by atoms with van der Waals surface area (Å²) in [7, 11) is 1.28. The number of hydrogen-bond donors (Lipinski definition) is 1. The first-order valence-electron chi connectivity index (χ1n) is 7.93. The summed E-state index contributed by atoms with van der Waals surface area (Å²) >= 11 is 6.13. The summed E-state index contributed by atoms with van der Waals surface area (Å²) in [6.45, 7) is 0.307. The molecule has 0 saturated carbocycles. The molecule has 0 spiro atoms. The van der Waals surface area contributed by atoms with Crippen LogP contribution in [0.5, 0.6) is 0 Å². The van der Waals surface area contributed by atoms with Gasteiger partial charge < -0.3 is 10.1 Å². The normalized spacial score (nSPS) is 10.5. The molecule has 2 aromatic carbocycles. The average Bonchev–Trinajstić information content (AvgIpc) is 3.00. The predicted molar refractivity (Wildman–Crippen MR) is 98.5 cm³/mol. The molecule has 8 heteroatoms. The van der Waals surface area contributed by atoms with Crippen molar-refractivity contribution in [1.29, 1.82) is 0 Å². The molecule has 1 heterocycles. The molecule has 0 fully saturated rings. The van der Waals surface area contributed by atoms with Gasteiger partial charge in [-0.2, -0.15) is 5.10 Å². The number of benzene rings is 2. The molecular formula is C19H15ClFN3O3. The highest BCUT2D eigenvalue weighted by atomic mass is 35.5. The Bertz CT molecular complexity index is 986. The highest BCUT2D eigenvalue weighted by molar-refractivity contribution is 6.33. The Hall–Kier alpha value is -3.19. The van der Waals surface area contributed by atoms with Crippen molar-refractivity contribution in [2.24, 2.45) is 0 Å². The van der Waals surface area contributed by atoms with Crippen LogP contribution in [-0.4, -0.2) is 28.8 Å². The van der Waals surface area contributed by atoms with Crippen molar-refractivity contribution in [2.75, 3.05) is 12.4 Å². The van der Waals surface area contributed by atoms with Crippen molar-refractivity contribution < 1.29 is 18.7 Å². The van der Waals surface area contributed by atoms with Gasteiger partial charge in [0.2, 0.25) is 0 Å². The fourth-order valence-corrected chi connectivity index (χ4v) is 2.64. The quantitative estimate of drug-likeness (QED) is 0.676. The van der Waals surface area contributed by atoms with Gasteiger partial charge in [-0.05, 0) is 42.0 Å². The SMILES string of the molecule is COC(=O)c1ccc(C(=O)Nc2nn(Cc3cccc(F)c3)cc2Cl)cc1. The molecule has 1 N–H and O–H groups in total. The fraction of sp³-hybridized carbons (Fsp3) is 0.105. The third-order valence-corrected chi connectivity index (χ3v) is 4.03. The number of hydrogen-bond acceptors (Lipinski definition) is 4. The second-order valence-corrected chi connectivity index (χ2v) is 6.08. The summed E-state index contributed by atoms with van der Waals surface area (Å²) in [6, 6.07) is 12.1.